The highest BCUT2D eigenvalue weighted by atomic mass is 19.1. The van der Waals surface area contributed by atoms with Crippen LogP contribution in [0.15, 0.2) is 48.9 Å². The molecular weight excluding hydrogens is 452 g/mol. The molecule has 0 unspecified atom stereocenters. The van der Waals surface area contributed by atoms with E-state index in [1.165, 1.54) is 50.4 Å². The molecule has 3 aromatic heterocycles. The lowest BCUT2D eigenvalue weighted by Crippen LogP contribution is -2.03. The van der Waals surface area contributed by atoms with Crippen molar-refractivity contribution in [3.63, 3.8) is 0 Å². The van der Waals surface area contributed by atoms with E-state index in [0.29, 0.717) is 29.9 Å². The van der Waals surface area contributed by atoms with Gasteiger partial charge in [-0.1, -0.05) is 0 Å². The number of rotatable bonds is 2. The lowest BCUT2D eigenvalue weighted by atomic mass is 10.1. The number of pyridine rings is 1. The zero-order chi connectivity index (χ0) is 24.0. The van der Waals surface area contributed by atoms with Crippen LogP contribution in [0.1, 0.15) is 49.5 Å². The van der Waals surface area contributed by atoms with Crippen molar-refractivity contribution in [2.45, 2.75) is 51.4 Å². The Morgan fingerprint density at radius 1 is 0.886 bits per heavy atom. The van der Waals surface area contributed by atoms with Gasteiger partial charge in [0.05, 0.1) is 36.2 Å². The van der Waals surface area contributed by atoms with Gasteiger partial charge in [-0.3, -0.25) is 9.67 Å². The normalized spacial score (nSPS) is 16.6. The molecule has 5 heterocycles. The number of fused-ring (bicyclic) bond motifs is 2. The smallest absolute Gasteiger partial charge is 0.135 e. The Bertz CT molecular complexity index is 1260. The van der Waals surface area contributed by atoms with Crippen LogP contribution in [0.5, 0.6) is 0 Å². The molecular formula is C26H27F2N5O2. The zero-order valence-electron chi connectivity index (χ0n) is 19.4. The largest absolute Gasteiger partial charge is 0.381 e. The maximum absolute atomic E-state index is 14.0. The van der Waals surface area contributed by atoms with Gasteiger partial charge in [0.1, 0.15) is 22.8 Å². The second kappa shape index (κ2) is 11.0. The van der Waals surface area contributed by atoms with E-state index in [1.807, 2.05) is 23.1 Å². The van der Waals surface area contributed by atoms with Crippen molar-refractivity contribution in [3.8, 4) is 11.3 Å². The highest BCUT2D eigenvalue weighted by Gasteiger charge is 2.23. The fraction of sp³-hybridized carbons (Fsp3) is 0.385. The van der Waals surface area contributed by atoms with Crippen molar-refractivity contribution in [2.24, 2.45) is 0 Å². The number of benzene rings is 1. The van der Waals surface area contributed by atoms with Crippen molar-refractivity contribution in [1.82, 2.24) is 24.7 Å². The summed E-state index contributed by atoms with van der Waals surface area (Å²) in [5.41, 5.74) is 3.20. The van der Waals surface area contributed by atoms with E-state index in [9.17, 15) is 8.78 Å². The molecule has 0 atom stereocenters. The lowest BCUT2D eigenvalue weighted by Gasteiger charge is -2.08. The van der Waals surface area contributed by atoms with Gasteiger partial charge in [-0.05, 0) is 56.4 Å². The van der Waals surface area contributed by atoms with E-state index < -0.39 is 11.6 Å². The standard InChI is InChI=1S/C15H9F2N3O.C6H8N2.C5H10O/c16-8-1-2-9(10(17)5-8)14-15-11(3-4-18-14)19-12-6-21-7-13(12)20-15;1-4-7-8(5-1)6-2-3-6;1-2-4-6-5-3-1/h1-5H,6-7H2;1,4-6H,2-3H2;1-5H2. The van der Waals surface area contributed by atoms with E-state index in [4.69, 9.17) is 9.47 Å². The molecule has 1 saturated heterocycles. The predicted molar refractivity (Wildman–Crippen MR) is 126 cm³/mol. The molecule has 0 spiro atoms. The summed E-state index contributed by atoms with van der Waals surface area (Å²) in [5, 5.41) is 4.09. The van der Waals surface area contributed by atoms with Gasteiger partial charge in [0.15, 0.2) is 0 Å². The molecule has 1 aliphatic carbocycles. The van der Waals surface area contributed by atoms with Crippen molar-refractivity contribution in [1.29, 1.82) is 0 Å². The third-order valence-electron chi connectivity index (χ3n) is 5.93. The molecule has 7 nitrogen and oxygen atoms in total. The van der Waals surface area contributed by atoms with Crippen LogP contribution >= 0.6 is 0 Å². The summed E-state index contributed by atoms with van der Waals surface area (Å²) < 4.78 is 39.4. The van der Waals surface area contributed by atoms with Crippen molar-refractivity contribution in [3.05, 3.63) is 71.9 Å². The summed E-state index contributed by atoms with van der Waals surface area (Å²) in [6.07, 6.45) is 12.0. The molecule has 1 saturated carbocycles. The monoisotopic (exact) mass is 479 g/mol. The van der Waals surface area contributed by atoms with Gasteiger partial charge in [-0.25, -0.2) is 18.7 Å². The maximum atomic E-state index is 14.0. The topological polar surface area (TPSA) is 75.0 Å². The molecule has 1 aromatic carbocycles. The van der Waals surface area contributed by atoms with E-state index in [-0.39, 0.29) is 5.56 Å². The molecule has 9 heteroatoms. The van der Waals surface area contributed by atoms with E-state index in [2.05, 4.69) is 20.1 Å². The highest BCUT2D eigenvalue weighted by molar-refractivity contribution is 5.89. The molecule has 3 aliphatic rings. The quantitative estimate of drug-likeness (QED) is 0.383. The van der Waals surface area contributed by atoms with Gasteiger partial charge in [0.2, 0.25) is 0 Å². The summed E-state index contributed by atoms with van der Waals surface area (Å²) in [5.74, 6) is -1.30. The van der Waals surface area contributed by atoms with Crippen molar-refractivity contribution in [2.75, 3.05) is 13.2 Å². The zero-order valence-corrected chi connectivity index (χ0v) is 19.4. The van der Waals surface area contributed by atoms with Crippen LogP contribution in [-0.4, -0.2) is 37.9 Å². The molecule has 0 N–H and O–H groups in total. The SMILES string of the molecule is C1CCOCC1.Fc1ccc(-c2nccc3nc4c(nc23)COC4)c(F)c1.c1cnn(C2CC2)c1. The van der Waals surface area contributed by atoms with Crippen LogP contribution in [0.4, 0.5) is 8.78 Å². The molecule has 182 valence electrons. The summed E-state index contributed by atoms with van der Waals surface area (Å²) in [4.78, 5) is 13.1. The average molecular weight is 480 g/mol. The number of halogens is 2. The summed E-state index contributed by atoms with van der Waals surface area (Å²) in [6, 6.07) is 7.81. The summed E-state index contributed by atoms with van der Waals surface area (Å²) >= 11 is 0. The number of nitrogens with zero attached hydrogens (tertiary/aromatic N) is 5. The molecule has 2 aliphatic heterocycles. The second-order valence-corrected chi connectivity index (χ2v) is 8.65. The predicted octanol–water partition coefficient (Wildman–Crippen LogP) is 5.41. The van der Waals surface area contributed by atoms with E-state index >= 15 is 0 Å². The molecule has 2 fully saturated rings. The summed E-state index contributed by atoms with van der Waals surface area (Å²) in [7, 11) is 0. The average Bonchev–Trinajstić information content (AvgIpc) is 3.38. The molecule has 0 bridgehead atoms. The Kier molecular flexibility index (Phi) is 7.34. The minimum absolute atomic E-state index is 0.204. The van der Waals surface area contributed by atoms with Gasteiger partial charge in [-0.15, -0.1) is 0 Å². The van der Waals surface area contributed by atoms with Crippen molar-refractivity contribution >= 4 is 11.0 Å². The molecule has 0 amide bonds. The number of ether oxygens (including phenoxy) is 2. The Labute approximate surface area is 202 Å². The fourth-order valence-electron chi connectivity index (χ4n) is 3.93. The first-order valence-corrected chi connectivity index (χ1v) is 11.9. The maximum Gasteiger partial charge on any atom is 0.135 e. The van der Waals surface area contributed by atoms with Crippen LogP contribution < -0.4 is 0 Å². The Morgan fingerprint density at radius 2 is 1.69 bits per heavy atom. The Balaban J connectivity index is 0.000000147. The second-order valence-electron chi connectivity index (χ2n) is 8.65. The first kappa shape index (κ1) is 23.4. The molecule has 35 heavy (non-hydrogen) atoms. The van der Waals surface area contributed by atoms with Gasteiger partial charge in [0, 0.05) is 43.4 Å². The van der Waals surface area contributed by atoms with Crippen LogP contribution in [0.3, 0.4) is 0 Å². The molecule has 0 radical (unpaired) electrons. The first-order chi connectivity index (χ1) is 17.2. The Hall–Kier alpha value is -3.30. The van der Waals surface area contributed by atoms with Gasteiger partial charge in [0.25, 0.3) is 0 Å². The lowest BCUT2D eigenvalue weighted by molar-refractivity contribution is 0.0968. The van der Waals surface area contributed by atoms with Gasteiger partial charge >= 0.3 is 0 Å². The first-order valence-electron chi connectivity index (χ1n) is 11.9. The van der Waals surface area contributed by atoms with Gasteiger partial charge in [-0.2, -0.15) is 5.10 Å². The minimum Gasteiger partial charge on any atom is -0.381 e. The number of hydrogen-bond donors (Lipinski definition) is 0. The fourth-order valence-corrected chi connectivity index (χ4v) is 3.93. The number of aromatic nitrogens is 5. The van der Waals surface area contributed by atoms with E-state index in [0.717, 1.165) is 36.7 Å². The highest BCUT2D eigenvalue weighted by Crippen LogP contribution is 2.33. The third-order valence-corrected chi connectivity index (χ3v) is 5.93. The molecule has 7 rings (SSSR count). The number of hydrogen-bond acceptors (Lipinski definition) is 6. The third kappa shape index (κ3) is 5.86. The summed E-state index contributed by atoms with van der Waals surface area (Å²) in [6.45, 7) is 2.82. The minimum atomic E-state index is -0.673. The van der Waals surface area contributed by atoms with Gasteiger partial charge < -0.3 is 9.47 Å². The van der Waals surface area contributed by atoms with Crippen molar-refractivity contribution < 1.29 is 18.3 Å². The Morgan fingerprint density at radius 3 is 2.31 bits per heavy atom. The van der Waals surface area contributed by atoms with Crippen LogP contribution in [0.2, 0.25) is 0 Å². The van der Waals surface area contributed by atoms with Crippen LogP contribution in [0.25, 0.3) is 22.3 Å². The van der Waals surface area contributed by atoms with Crippen LogP contribution in [-0.2, 0) is 22.7 Å². The molecule has 4 aromatic rings. The van der Waals surface area contributed by atoms with E-state index in [1.54, 1.807) is 6.07 Å². The van der Waals surface area contributed by atoms with Crippen LogP contribution in [0, 0.1) is 11.6 Å².